The van der Waals surface area contributed by atoms with Gasteiger partial charge in [0, 0.05) is 32.0 Å². The molecular weight excluding hydrogens is 376 g/mol. The Morgan fingerprint density at radius 3 is 2.38 bits per heavy atom. The average molecular weight is 411 g/mol. The van der Waals surface area contributed by atoms with E-state index in [1.165, 1.54) is 0 Å². The molecule has 9 nitrogen and oxygen atoms in total. The van der Waals surface area contributed by atoms with Crippen LogP contribution in [0.5, 0.6) is 0 Å². The summed E-state index contributed by atoms with van der Waals surface area (Å²) in [6, 6.07) is 0.266. The molecule has 3 atom stereocenters. The number of carbonyl (C=O) groups excluding carboxylic acids is 2. The Morgan fingerprint density at radius 2 is 1.79 bits per heavy atom. The SMILES string of the molecule is CC(C)(C)OC(=O)N1CCC(C2NOC(C3CCN(C4COC4)C(=O)C3)N2)CC1. The summed E-state index contributed by atoms with van der Waals surface area (Å²) in [7, 11) is 0. The Hall–Kier alpha value is -1.42. The number of ether oxygens (including phenoxy) is 2. The van der Waals surface area contributed by atoms with Crippen LogP contribution in [0, 0.1) is 11.8 Å². The highest BCUT2D eigenvalue weighted by atomic mass is 16.7. The largest absolute Gasteiger partial charge is 0.444 e. The van der Waals surface area contributed by atoms with E-state index < -0.39 is 5.60 Å². The highest BCUT2D eigenvalue weighted by Gasteiger charge is 2.42. The van der Waals surface area contributed by atoms with Gasteiger partial charge in [-0.2, -0.15) is 5.48 Å². The standard InChI is InChI=1S/C20H34N4O5/c1-20(2,3)28-19(26)23-7-4-13(5-8-23)17-21-18(29-22-17)14-6-9-24(16(25)10-14)15-11-27-12-15/h13-15,17-18,21-22H,4-12H2,1-3H3. The predicted molar refractivity (Wildman–Crippen MR) is 105 cm³/mol. The van der Waals surface area contributed by atoms with E-state index in [9.17, 15) is 9.59 Å². The summed E-state index contributed by atoms with van der Waals surface area (Å²) in [6.45, 7) is 9.14. The summed E-state index contributed by atoms with van der Waals surface area (Å²) in [4.78, 5) is 34.3. The number of rotatable bonds is 3. The second-order valence-corrected chi connectivity index (χ2v) is 9.64. The predicted octanol–water partition coefficient (Wildman–Crippen LogP) is 1.05. The van der Waals surface area contributed by atoms with E-state index in [2.05, 4.69) is 10.8 Å². The van der Waals surface area contributed by atoms with Crippen molar-refractivity contribution in [3.63, 3.8) is 0 Å². The van der Waals surface area contributed by atoms with Gasteiger partial charge in [0.15, 0.2) is 0 Å². The van der Waals surface area contributed by atoms with E-state index in [0.717, 1.165) is 25.8 Å². The Bertz CT molecular complexity index is 612. The zero-order chi connectivity index (χ0) is 20.6. The number of piperidine rings is 2. The minimum absolute atomic E-state index is 0.0500. The minimum atomic E-state index is -0.470. The summed E-state index contributed by atoms with van der Waals surface area (Å²) < 4.78 is 10.7. The lowest BCUT2D eigenvalue weighted by molar-refractivity contribution is -0.152. The second-order valence-electron chi connectivity index (χ2n) is 9.64. The number of hydroxylamine groups is 1. The van der Waals surface area contributed by atoms with Crippen LogP contribution in [0.1, 0.15) is 46.5 Å². The molecule has 0 radical (unpaired) electrons. The molecule has 4 fully saturated rings. The first-order valence-electron chi connectivity index (χ1n) is 10.8. The molecule has 0 aromatic rings. The first-order valence-corrected chi connectivity index (χ1v) is 10.8. The Kier molecular flexibility index (Phi) is 6.02. The molecule has 0 saturated carbocycles. The Morgan fingerprint density at radius 1 is 1.10 bits per heavy atom. The number of hydrogen-bond acceptors (Lipinski definition) is 7. The molecule has 29 heavy (non-hydrogen) atoms. The Balaban J connectivity index is 1.22. The molecule has 0 aromatic carbocycles. The van der Waals surface area contributed by atoms with Crippen LogP contribution in [-0.2, 0) is 19.1 Å². The molecule has 4 saturated heterocycles. The number of likely N-dealkylation sites (tertiary alicyclic amines) is 2. The van der Waals surface area contributed by atoms with Crippen molar-refractivity contribution in [2.45, 2.75) is 70.5 Å². The summed E-state index contributed by atoms with van der Waals surface area (Å²) >= 11 is 0. The van der Waals surface area contributed by atoms with Crippen molar-refractivity contribution >= 4 is 12.0 Å². The van der Waals surface area contributed by atoms with Crippen molar-refractivity contribution in [2.24, 2.45) is 11.8 Å². The topological polar surface area (TPSA) is 92.4 Å². The lowest BCUT2D eigenvalue weighted by atomic mass is 9.91. The maximum absolute atomic E-state index is 12.5. The van der Waals surface area contributed by atoms with Gasteiger partial charge in [-0.25, -0.2) is 4.79 Å². The third kappa shape index (κ3) is 4.84. The van der Waals surface area contributed by atoms with Gasteiger partial charge in [-0.05, 0) is 46.0 Å². The molecule has 4 rings (SSSR count). The van der Waals surface area contributed by atoms with Gasteiger partial charge >= 0.3 is 6.09 Å². The van der Waals surface area contributed by atoms with Gasteiger partial charge in [-0.3, -0.25) is 14.9 Å². The van der Waals surface area contributed by atoms with E-state index >= 15 is 0 Å². The molecule has 0 aromatic heterocycles. The van der Waals surface area contributed by atoms with E-state index in [1.807, 2.05) is 25.7 Å². The van der Waals surface area contributed by atoms with Crippen LogP contribution in [-0.4, -0.2) is 78.7 Å². The van der Waals surface area contributed by atoms with Crippen LogP contribution < -0.4 is 10.8 Å². The minimum Gasteiger partial charge on any atom is -0.444 e. The third-order valence-corrected chi connectivity index (χ3v) is 6.32. The van der Waals surface area contributed by atoms with Crippen LogP contribution in [0.15, 0.2) is 0 Å². The molecular formula is C20H34N4O5. The number of amides is 2. The molecule has 2 amide bonds. The third-order valence-electron chi connectivity index (χ3n) is 6.32. The number of nitrogens with zero attached hydrogens (tertiary/aromatic N) is 2. The molecule has 0 aliphatic carbocycles. The van der Waals surface area contributed by atoms with Gasteiger partial charge in [0.2, 0.25) is 5.91 Å². The van der Waals surface area contributed by atoms with Gasteiger partial charge in [0.25, 0.3) is 0 Å². The molecule has 4 aliphatic rings. The van der Waals surface area contributed by atoms with Crippen LogP contribution >= 0.6 is 0 Å². The smallest absolute Gasteiger partial charge is 0.410 e. The van der Waals surface area contributed by atoms with Crippen LogP contribution in [0.4, 0.5) is 4.79 Å². The summed E-state index contributed by atoms with van der Waals surface area (Å²) in [6.07, 6.45) is 2.89. The van der Waals surface area contributed by atoms with Gasteiger partial charge in [-0.1, -0.05) is 0 Å². The summed E-state index contributed by atoms with van der Waals surface area (Å²) in [5.74, 6) is 0.759. The second kappa shape index (κ2) is 8.37. The van der Waals surface area contributed by atoms with Crippen molar-refractivity contribution in [2.75, 3.05) is 32.8 Å². The maximum atomic E-state index is 12.5. The van der Waals surface area contributed by atoms with E-state index in [-0.39, 0.29) is 36.4 Å². The first-order chi connectivity index (χ1) is 13.8. The van der Waals surface area contributed by atoms with Crippen molar-refractivity contribution in [3.8, 4) is 0 Å². The quantitative estimate of drug-likeness (QED) is 0.718. The first kappa shape index (κ1) is 20.8. The van der Waals surface area contributed by atoms with Gasteiger partial charge in [-0.15, -0.1) is 0 Å². The highest BCUT2D eigenvalue weighted by Crippen LogP contribution is 2.29. The van der Waals surface area contributed by atoms with Crippen molar-refractivity contribution in [3.05, 3.63) is 0 Å². The lowest BCUT2D eigenvalue weighted by Gasteiger charge is -2.42. The molecule has 3 unspecified atom stereocenters. The Labute approximate surface area is 172 Å². The zero-order valence-corrected chi connectivity index (χ0v) is 17.7. The fourth-order valence-electron chi connectivity index (χ4n) is 4.52. The monoisotopic (exact) mass is 410 g/mol. The van der Waals surface area contributed by atoms with E-state index in [1.54, 1.807) is 4.90 Å². The fourth-order valence-corrected chi connectivity index (χ4v) is 4.52. The highest BCUT2D eigenvalue weighted by molar-refractivity contribution is 5.77. The maximum Gasteiger partial charge on any atom is 0.410 e. The van der Waals surface area contributed by atoms with Crippen LogP contribution in [0.3, 0.4) is 0 Å². The van der Waals surface area contributed by atoms with Gasteiger partial charge < -0.3 is 19.3 Å². The van der Waals surface area contributed by atoms with Gasteiger partial charge in [0.1, 0.15) is 11.8 Å². The normalized spacial score (nSPS) is 32.4. The summed E-state index contributed by atoms with van der Waals surface area (Å²) in [5, 5.41) is 3.54. The van der Waals surface area contributed by atoms with Crippen molar-refractivity contribution in [1.82, 2.24) is 20.6 Å². The molecule has 164 valence electrons. The number of hydrogen-bond donors (Lipinski definition) is 2. The van der Waals surface area contributed by atoms with Crippen LogP contribution in [0.2, 0.25) is 0 Å². The molecule has 0 bridgehead atoms. The fraction of sp³-hybridized carbons (Fsp3) is 0.900. The lowest BCUT2D eigenvalue weighted by Crippen LogP contribution is -2.56. The van der Waals surface area contributed by atoms with Crippen molar-refractivity contribution in [1.29, 1.82) is 0 Å². The average Bonchev–Trinajstić information content (AvgIpc) is 3.11. The molecule has 0 spiro atoms. The van der Waals surface area contributed by atoms with Crippen LogP contribution in [0.25, 0.3) is 0 Å². The van der Waals surface area contributed by atoms with Crippen molar-refractivity contribution < 1.29 is 23.9 Å². The van der Waals surface area contributed by atoms with E-state index in [4.69, 9.17) is 14.3 Å². The molecule has 2 N–H and O–H groups in total. The molecule has 4 aliphatic heterocycles. The number of carbonyl (C=O) groups is 2. The van der Waals surface area contributed by atoms with Gasteiger partial charge in [0.05, 0.1) is 25.4 Å². The van der Waals surface area contributed by atoms with E-state index in [0.29, 0.717) is 38.6 Å². The summed E-state index contributed by atoms with van der Waals surface area (Å²) in [5.41, 5.74) is 2.67. The molecule has 9 heteroatoms. The zero-order valence-electron chi connectivity index (χ0n) is 17.7. The molecule has 4 heterocycles. The number of nitrogens with one attached hydrogen (secondary N) is 2.